The second kappa shape index (κ2) is 7.64. The summed E-state index contributed by atoms with van der Waals surface area (Å²) in [6.07, 6.45) is 3.90. The van der Waals surface area contributed by atoms with E-state index in [9.17, 15) is 14.0 Å². The Morgan fingerprint density at radius 1 is 1.04 bits per heavy atom. The molecule has 6 heteroatoms. The molecule has 0 radical (unpaired) electrons. The Kier molecular flexibility index (Phi) is 5.33. The number of carbonyl (C=O) groups excluding carboxylic acids is 2. The molecule has 0 spiro atoms. The van der Waals surface area contributed by atoms with Gasteiger partial charge in [0.1, 0.15) is 0 Å². The molecule has 24 heavy (non-hydrogen) atoms. The van der Waals surface area contributed by atoms with Crippen LogP contribution in [0.25, 0.3) is 0 Å². The summed E-state index contributed by atoms with van der Waals surface area (Å²) >= 11 is 0. The number of halogens is 1. The van der Waals surface area contributed by atoms with Crippen molar-refractivity contribution in [3.63, 3.8) is 0 Å². The number of ether oxygens (including phenoxy) is 1. The van der Waals surface area contributed by atoms with E-state index in [2.05, 4.69) is 0 Å². The maximum Gasteiger partial charge on any atom is 0.260 e. The van der Waals surface area contributed by atoms with Crippen molar-refractivity contribution in [2.24, 2.45) is 5.92 Å². The van der Waals surface area contributed by atoms with E-state index in [4.69, 9.17) is 4.74 Å². The van der Waals surface area contributed by atoms with Crippen molar-refractivity contribution in [2.75, 3.05) is 32.8 Å². The Labute approximate surface area is 141 Å². The molecule has 0 unspecified atom stereocenters. The molecule has 1 aromatic rings. The molecule has 1 saturated heterocycles. The normalized spacial score (nSPS) is 18.7. The van der Waals surface area contributed by atoms with E-state index in [0.717, 1.165) is 25.7 Å². The Balaban J connectivity index is 1.49. The zero-order chi connectivity index (χ0) is 16.9. The summed E-state index contributed by atoms with van der Waals surface area (Å²) < 4.78 is 18.8. The minimum atomic E-state index is -0.474. The highest BCUT2D eigenvalue weighted by Crippen LogP contribution is 2.28. The Hall–Kier alpha value is -2.11. The summed E-state index contributed by atoms with van der Waals surface area (Å²) in [7, 11) is 0. The van der Waals surface area contributed by atoms with Crippen LogP contribution >= 0.6 is 0 Å². The summed E-state index contributed by atoms with van der Waals surface area (Å²) in [5, 5.41) is 0. The Morgan fingerprint density at radius 2 is 1.75 bits per heavy atom. The number of para-hydroxylation sites is 1. The van der Waals surface area contributed by atoms with Gasteiger partial charge in [-0.3, -0.25) is 9.59 Å². The first kappa shape index (κ1) is 16.7. The number of nitrogens with zero attached hydrogens (tertiary/aromatic N) is 2. The van der Waals surface area contributed by atoms with Gasteiger partial charge in [-0.15, -0.1) is 0 Å². The third-order valence-electron chi connectivity index (χ3n) is 4.80. The maximum atomic E-state index is 13.5. The largest absolute Gasteiger partial charge is 0.481 e. The number of carbonyl (C=O) groups is 2. The summed E-state index contributed by atoms with van der Waals surface area (Å²) in [6.45, 7) is 2.21. The fraction of sp³-hybridized carbons (Fsp3) is 0.556. The highest BCUT2D eigenvalue weighted by Gasteiger charge is 2.30. The maximum absolute atomic E-state index is 13.5. The first-order valence-electron chi connectivity index (χ1n) is 8.59. The topological polar surface area (TPSA) is 49.9 Å². The molecule has 5 nitrogen and oxygen atoms in total. The van der Waals surface area contributed by atoms with Crippen molar-refractivity contribution >= 4 is 11.8 Å². The molecule has 1 saturated carbocycles. The quantitative estimate of drug-likeness (QED) is 0.847. The van der Waals surface area contributed by atoms with Crippen molar-refractivity contribution < 1.29 is 18.7 Å². The minimum absolute atomic E-state index is 0.0856. The van der Waals surface area contributed by atoms with Crippen molar-refractivity contribution in [3.05, 3.63) is 30.1 Å². The number of hydrogen-bond donors (Lipinski definition) is 0. The monoisotopic (exact) mass is 334 g/mol. The summed E-state index contributed by atoms with van der Waals surface area (Å²) in [5.74, 6) is -0.133. The second-order valence-electron chi connectivity index (χ2n) is 6.41. The van der Waals surface area contributed by atoms with Gasteiger partial charge in [-0.2, -0.15) is 0 Å². The molecule has 0 aromatic heterocycles. The van der Waals surface area contributed by atoms with Gasteiger partial charge in [0.05, 0.1) is 0 Å². The second-order valence-corrected chi connectivity index (χ2v) is 6.41. The predicted molar refractivity (Wildman–Crippen MR) is 87.0 cm³/mol. The van der Waals surface area contributed by atoms with Crippen molar-refractivity contribution in [2.45, 2.75) is 25.7 Å². The number of amides is 2. The van der Waals surface area contributed by atoms with E-state index in [1.165, 1.54) is 12.1 Å². The summed E-state index contributed by atoms with van der Waals surface area (Å²) in [4.78, 5) is 28.2. The number of benzene rings is 1. The van der Waals surface area contributed by atoms with Crippen LogP contribution in [-0.4, -0.2) is 54.4 Å². The average Bonchev–Trinajstić information content (AvgIpc) is 2.78. The van der Waals surface area contributed by atoms with Gasteiger partial charge in [0.15, 0.2) is 18.2 Å². The molecule has 2 aliphatic rings. The lowest BCUT2D eigenvalue weighted by molar-refractivity contribution is -0.139. The third-order valence-corrected chi connectivity index (χ3v) is 4.80. The van der Waals surface area contributed by atoms with Gasteiger partial charge >= 0.3 is 0 Å². The number of rotatable bonds is 4. The summed E-state index contributed by atoms with van der Waals surface area (Å²) in [6, 6.07) is 6.05. The molecule has 0 bridgehead atoms. The smallest absolute Gasteiger partial charge is 0.260 e. The van der Waals surface area contributed by atoms with Gasteiger partial charge in [0.25, 0.3) is 5.91 Å². The van der Waals surface area contributed by atoms with Gasteiger partial charge in [-0.1, -0.05) is 18.6 Å². The van der Waals surface area contributed by atoms with Gasteiger partial charge in [0.2, 0.25) is 5.91 Å². The van der Waals surface area contributed by atoms with Crippen LogP contribution in [-0.2, 0) is 9.59 Å². The summed E-state index contributed by atoms with van der Waals surface area (Å²) in [5.41, 5.74) is 0. The molecular weight excluding hydrogens is 311 g/mol. The molecular formula is C18H23FN2O3. The molecule has 1 aliphatic heterocycles. The van der Waals surface area contributed by atoms with E-state index < -0.39 is 5.82 Å². The molecule has 1 aromatic carbocycles. The van der Waals surface area contributed by atoms with Crippen LogP contribution in [0.1, 0.15) is 25.7 Å². The molecule has 0 atom stereocenters. The molecule has 0 N–H and O–H groups in total. The van der Waals surface area contributed by atoms with Crippen molar-refractivity contribution in [1.29, 1.82) is 0 Å². The van der Waals surface area contributed by atoms with Crippen LogP contribution < -0.4 is 4.74 Å². The first-order chi connectivity index (χ1) is 11.6. The zero-order valence-electron chi connectivity index (χ0n) is 13.7. The van der Waals surface area contributed by atoms with Gasteiger partial charge in [-0.25, -0.2) is 4.39 Å². The molecule has 2 fully saturated rings. The minimum Gasteiger partial charge on any atom is -0.481 e. The van der Waals surface area contributed by atoms with Gasteiger partial charge in [0, 0.05) is 32.1 Å². The van der Waals surface area contributed by atoms with E-state index >= 15 is 0 Å². The fourth-order valence-corrected chi connectivity index (χ4v) is 3.09. The fourth-order valence-electron chi connectivity index (χ4n) is 3.09. The average molecular weight is 334 g/mol. The van der Waals surface area contributed by atoms with Crippen LogP contribution in [0.3, 0.4) is 0 Å². The van der Waals surface area contributed by atoms with Crippen LogP contribution in [0.15, 0.2) is 24.3 Å². The Bertz CT molecular complexity index is 604. The van der Waals surface area contributed by atoms with Crippen molar-refractivity contribution in [1.82, 2.24) is 9.80 Å². The molecule has 2 amide bonds. The highest BCUT2D eigenvalue weighted by molar-refractivity contribution is 5.80. The molecule has 1 aliphatic carbocycles. The third kappa shape index (κ3) is 3.86. The van der Waals surface area contributed by atoms with Crippen LogP contribution in [0.4, 0.5) is 4.39 Å². The van der Waals surface area contributed by atoms with E-state index in [1.54, 1.807) is 17.0 Å². The number of hydrogen-bond acceptors (Lipinski definition) is 3. The van der Waals surface area contributed by atoms with Gasteiger partial charge in [-0.05, 0) is 31.4 Å². The molecule has 3 rings (SSSR count). The predicted octanol–water partition coefficient (Wildman–Crippen LogP) is 2.07. The lowest BCUT2D eigenvalue weighted by atomic mass is 9.84. The zero-order valence-corrected chi connectivity index (χ0v) is 13.7. The first-order valence-corrected chi connectivity index (χ1v) is 8.59. The lowest BCUT2D eigenvalue weighted by Crippen LogP contribution is -2.42. The highest BCUT2D eigenvalue weighted by atomic mass is 19.1. The van der Waals surface area contributed by atoms with E-state index in [0.29, 0.717) is 26.2 Å². The molecule has 130 valence electrons. The van der Waals surface area contributed by atoms with Crippen molar-refractivity contribution in [3.8, 4) is 5.75 Å². The standard InChI is InChI=1S/C18H23FN2O3/c19-15-7-1-2-8-16(15)24-13-17(22)20-9-4-10-21(12-11-20)18(23)14-5-3-6-14/h1-2,7-8,14H,3-6,9-13H2. The Morgan fingerprint density at radius 3 is 2.46 bits per heavy atom. The van der Waals surface area contributed by atoms with E-state index in [-0.39, 0.29) is 30.1 Å². The lowest BCUT2D eigenvalue weighted by Gasteiger charge is -2.31. The SMILES string of the molecule is O=C(COc1ccccc1F)N1CCCN(C(=O)C2CCC2)CC1. The van der Waals surface area contributed by atoms with Gasteiger partial charge < -0.3 is 14.5 Å². The van der Waals surface area contributed by atoms with Crippen LogP contribution in [0, 0.1) is 11.7 Å². The van der Waals surface area contributed by atoms with Crippen LogP contribution in [0.2, 0.25) is 0 Å². The molecule has 1 heterocycles. The van der Waals surface area contributed by atoms with E-state index in [1.807, 2.05) is 4.90 Å². The van der Waals surface area contributed by atoms with Crippen LogP contribution in [0.5, 0.6) is 5.75 Å².